The Morgan fingerprint density at radius 2 is 2.05 bits per heavy atom. The highest BCUT2D eigenvalue weighted by molar-refractivity contribution is 6.30. The number of hydrogen-bond acceptors (Lipinski definition) is 2. The van der Waals surface area contributed by atoms with Crippen LogP contribution in [0.5, 0.6) is 0 Å². The molecule has 0 aliphatic carbocycles. The molecule has 0 fully saturated rings. The summed E-state index contributed by atoms with van der Waals surface area (Å²) in [7, 11) is 1.77. The summed E-state index contributed by atoms with van der Waals surface area (Å²) in [5.74, 6) is 0.396. The Kier molecular flexibility index (Phi) is 8.07. The molecule has 108 valence electrons. The van der Waals surface area contributed by atoms with Gasteiger partial charge in [-0.2, -0.15) is 0 Å². The van der Waals surface area contributed by atoms with Crippen LogP contribution >= 0.6 is 24.0 Å². The monoisotopic (exact) mass is 304 g/mol. The third-order valence-electron chi connectivity index (χ3n) is 2.73. The number of benzene rings is 1. The van der Waals surface area contributed by atoms with Gasteiger partial charge in [0.15, 0.2) is 0 Å². The van der Waals surface area contributed by atoms with Crippen LogP contribution in [0.25, 0.3) is 0 Å². The summed E-state index contributed by atoms with van der Waals surface area (Å²) in [6.45, 7) is 4.65. The summed E-state index contributed by atoms with van der Waals surface area (Å²) in [5.41, 5.74) is 6.89. The van der Waals surface area contributed by atoms with E-state index in [4.69, 9.17) is 17.3 Å². The number of carbonyl (C=O) groups excluding carboxylic acids is 1. The zero-order chi connectivity index (χ0) is 13.7. The maximum Gasteiger partial charge on any atom is 0.239 e. The van der Waals surface area contributed by atoms with Crippen LogP contribution < -0.4 is 5.73 Å². The Hall–Kier alpha value is -0.770. The van der Waals surface area contributed by atoms with Gasteiger partial charge < -0.3 is 10.6 Å². The van der Waals surface area contributed by atoms with Gasteiger partial charge in [0.25, 0.3) is 0 Å². The van der Waals surface area contributed by atoms with Crippen molar-refractivity contribution in [1.29, 1.82) is 0 Å². The molecule has 0 aromatic heterocycles. The van der Waals surface area contributed by atoms with Crippen molar-refractivity contribution in [3.8, 4) is 0 Å². The second-order valence-corrected chi connectivity index (χ2v) is 5.50. The fraction of sp³-hybridized carbons (Fsp3) is 0.500. The molecule has 3 nitrogen and oxygen atoms in total. The molecule has 1 aromatic carbocycles. The normalized spacial score (nSPS) is 11.9. The molecule has 0 heterocycles. The maximum atomic E-state index is 12.0. The zero-order valence-corrected chi connectivity index (χ0v) is 13.2. The fourth-order valence-corrected chi connectivity index (χ4v) is 2.09. The first-order valence-electron chi connectivity index (χ1n) is 6.15. The molecule has 0 aliphatic heterocycles. The second-order valence-electron chi connectivity index (χ2n) is 5.06. The van der Waals surface area contributed by atoms with Crippen LogP contribution in [0.15, 0.2) is 24.3 Å². The number of carbonyl (C=O) groups is 1. The first-order valence-corrected chi connectivity index (χ1v) is 6.53. The van der Waals surface area contributed by atoms with Gasteiger partial charge >= 0.3 is 0 Å². The van der Waals surface area contributed by atoms with E-state index >= 15 is 0 Å². The molecular weight excluding hydrogens is 283 g/mol. The van der Waals surface area contributed by atoms with Crippen molar-refractivity contribution in [2.45, 2.75) is 32.9 Å². The Labute approximate surface area is 126 Å². The van der Waals surface area contributed by atoms with Crippen molar-refractivity contribution in [1.82, 2.24) is 4.90 Å². The van der Waals surface area contributed by atoms with Crippen LogP contribution in [0.4, 0.5) is 0 Å². The lowest BCUT2D eigenvalue weighted by Gasteiger charge is -2.22. The van der Waals surface area contributed by atoms with Crippen LogP contribution in [0.1, 0.15) is 25.8 Å². The van der Waals surface area contributed by atoms with Crippen molar-refractivity contribution < 1.29 is 4.79 Å². The Morgan fingerprint density at radius 3 is 2.58 bits per heavy atom. The molecule has 1 rings (SSSR count). The van der Waals surface area contributed by atoms with Gasteiger partial charge in [-0.3, -0.25) is 4.79 Å². The van der Waals surface area contributed by atoms with Gasteiger partial charge in [0.1, 0.15) is 0 Å². The minimum absolute atomic E-state index is 0. The lowest BCUT2D eigenvalue weighted by molar-refractivity contribution is -0.132. The highest BCUT2D eigenvalue weighted by Gasteiger charge is 2.19. The van der Waals surface area contributed by atoms with E-state index in [1.165, 1.54) is 0 Å². The molecule has 0 unspecified atom stereocenters. The molecule has 0 saturated heterocycles. The zero-order valence-electron chi connectivity index (χ0n) is 11.6. The molecule has 0 saturated carbocycles. The number of hydrogen-bond donors (Lipinski definition) is 1. The molecule has 0 aliphatic rings. The lowest BCUT2D eigenvalue weighted by atomic mass is 10.0. The lowest BCUT2D eigenvalue weighted by Crippen LogP contribution is -2.42. The highest BCUT2D eigenvalue weighted by Crippen LogP contribution is 2.13. The van der Waals surface area contributed by atoms with Gasteiger partial charge in [-0.1, -0.05) is 37.6 Å². The summed E-state index contributed by atoms with van der Waals surface area (Å²) in [4.78, 5) is 13.7. The average Bonchev–Trinajstić information content (AvgIpc) is 2.27. The van der Waals surface area contributed by atoms with Gasteiger partial charge in [0, 0.05) is 18.6 Å². The number of nitrogens with zero attached hydrogens (tertiary/aromatic N) is 1. The van der Waals surface area contributed by atoms with Gasteiger partial charge in [-0.05, 0) is 30.0 Å². The summed E-state index contributed by atoms with van der Waals surface area (Å²) >= 11 is 5.91. The first-order chi connectivity index (χ1) is 8.40. The van der Waals surface area contributed by atoms with Gasteiger partial charge in [-0.15, -0.1) is 12.4 Å². The number of amides is 1. The molecule has 19 heavy (non-hydrogen) atoms. The van der Waals surface area contributed by atoms with Crippen molar-refractivity contribution in [2.75, 3.05) is 7.05 Å². The topological polar surface area (TPSA) is 46.3 Å². The van der Waals surface area contributed by atoms with Crippen LogP contribution in [-0.2, 0) is 11.3 Å². The van der Waals surface area contributed by atoms with E-state index in [1.807, 2.05) is 24.3 Å². The van der Waals surface area contributed by atoms with E-state index in [0.29, 0.717) is 23.9 Å². The predicted molar refractivity (Wildman–Crippen MR) is 82.6 cm³/mol. The average molecular weight is 305 g/mol. The quantitative estimate of drug-likeness (QED) is 0.908. The maximum absolute atomic E-state index is 12.0. The molecule has 5 heteroatoms. The molecule has 0 spiro atoms. The van der Waals surface area contributed by atoms with Crippen molar-refractivity contribution in [3.63, 3.8) is 0 Å². The van der Waals surface area contributed by atoms with Gasteiger partial charge in [0.2, 0.25) is 5.91 Å². The third-order valence-corrected chi connectivity index (χ3v) is 2.96. The number of nitrogens with two attached hydrogens (primary N) is 1. The van der Waals surface area contributed by atoms with Crippen molar-refractivity contribution >= 4 is 29.9 Å². The molecule has 0 bridgehead atoms. The van der Waals surface area contributed by atoms with E-state index in [-0.39, 0.29) is 18.3 Å². The molecule has 1 aromatic rings. The van der Waals surface area contributed by atoms with E-state index in [9.17, 15) is 4.79 Å². The van der Waals surface area contributed by atoms with E-state index < -0.39 is 6.04 Å². The smallest absolute Gasteiger partial charge is 0.239 e. The largest absolute Gasteiger partial charge is 0.340 e. The fourth-order valence-electron chi connectivity index (χ4n) is 1.88. The van der Waals surface area contributed by atoms with E-state index in [0.717, 1.165) is 5.56 Å². The first kappa shape index (κ1) is 18.2. The summed E-state index contributed by atoms with van der Waals surface area (Å²) in [6.07, 6.45) is 0.707. The Balaban J connectivity index is 0.00000324. The van der Waals surface area contributed by atoms with E-state index in [1.54, 1.807) is 11.9 Å². The summed E-state index contributed by atoms with van der Waals surface area (Å²) in [6, 6.07) is 7.08. The molecule has 2 N–H and O–H groups in total. The predicted octanol–water partition coefficient (Wildman–Crippen LogP) is 3.09. The highest BCUT2D eigenvalue weighted by atomic mass is 35.5. The van der Waals surface area contributed by atoms with Crippen LogP contribution in [0.3, 0.4) is 0 Å². The Bertz CT molecular complexity index is 410. The minimum Gasteiger partial charge on any atom is -0.340 e. The molecular formula is C14H22Cl2N2O. The second kappa shape index (κ2) is 8.41. The Morgan fingerprint density at radius 1 is 1.42 bits per heavy atom. The molecule has 1 atom stereocenters. The minimum atomic E-state index is -0.422. The van der Waals surface area contributed by atoms with Crippen LogP contribution in [0, 0.1) is 5.92 Å². The number of likely N-dealkylation sites (N-methyl/N-ethyl adjacent to an activating group) is 1. The molecule has 0 radical (unpaired) electrons. The molecule has 1 amide bonds. The third kappa shape index (κ3) is 6.28. The number of halogens is 2. The van der Waals surface area contributed by atoms with E-state index in [2.05, 4.69) is 13.8 Å². The SMILES string of the molecule is CC(C)C[C@H](N)C(=O)N(C)Cc1cccc(Cl)c1.Cl. The van der Waals surface area contributed by atoms with Crippen molar-refractivity contribution in [2.24, 2.45) is 11.7 Å². The van der Waals surface area contributed by atoms with Crippen LogP contribution in [0.2, 0.25) is 5.02 Å². The van der Waals surface area contributed by atoms with Gasteiger partial charge in [-0.25, -0.2) is 0 Å². The van der Waals surface area contributed by atoms with Crippen molar-refractivity contribution in [3.05, 3.63) is 34.9 Å². The standard InChI is InChI=1S/C14H21ClN2O.ClH/c1-10(2)7-13(16)14(18)17(3)9-11-5-4-6-12(15)8-11;/h4-6,8,10,13H,7,9,16H2,1-3H3;1H/t13-;/m0./s1. The van der Waals surface area contributed by atoms with Gasteiger partial charge in [0.05, 0.1) is 6.04 Å². The number of rotatable bonds is 5. The summed E-state index contributed by atoms with van der Waals surface area (Å²) < 4.78 is 0. The summed E-state index contributed by atoms with van der Waals surface area (Å²) in [5, 5.41) is 0.680. The van der Waals surface area contributed by atoms with Crippen LogP contribution in [-0.4, -0.2) is 23.9 Å².